The van der Waals surface area contributed by atoms with Crippen LogP contribution >= 0.6 is 0 Å². The fourth-order valence-electron chi connectivity index (χ4n) is 2.17. The second-order valence-electron chi connectivity index (χ2n) is 5.04. The van der Waals surface area contributed by atoms with E-state index in [1.54, 1.807) is 18.5 Å². The van der Waals surface area contributed by atoms with Crippen molar-refractivity contribution >= 4 is 5.91 Å². The van der Waals surface area contributed by atoms with E-state index in [9.17, 15) is 4.79 Å². The summed E-state index contributed by atoms with van der Waals surface area (Å²) in [6.45, 7) is 0.742. The van der Waals surface area contributed by atoms with Gasteiger partial charge in [-0.3, -0.25) is 9.78 Å². The third kappa shape index (κ3) is 4.07. The molecule has 1 aromatic heterocycles. The van der Waals surface area contributed by atoms with Crippen LogP contribution in [0.5, 0.6) is 0 Å². The fourth-order valence-corrected chi connectivity index (χ4v) is 2.17. The van der Waals surface area contributed by atoms with Crippen molar-refractivity contribution in [2.24, 2.45) is 5.92 Å². The number of amides is 1. The Morgan fingerprint density at radius 2 is 2.35 bits per heavy atom. The minimum atomic E-state index is -0.0972. The van der Waals surface area contributed by atoms with E-state index in [4.69, 9.17) is 5.11 Å². The number of carbonyl (C=O) groups excluding carboxylic acids is 1. The standard InChI is InChI=1S/C16H20N2O2/c19-11-2-1-6-14-12-17-9-8-15(14)16(20)18-10-7-13-4-3-5-13/h8-9,12-13,19H,2-5,7,10-11H2,(H,18,20). The Balaban J connectivity index is 1.92. The zero-order valence-corrected chi connectivity index (χ0v) is 11.6. The van der Waals surface area contributed by atoms with E-state index in [0.29, 0.717) is 17.5 Å². The highest BCUT2D eigenvalue weighted by Crippen LogP contribution is 2.28. The number of aliphatic hydroxyl groups is 1. The average Bonchev–Trinajstić information content (AvgIpc) is 2.42. The van der Waals surface area contributed by atoms with Gasteiger partial charge in [-0.25, -0.2) is 0 Å². The minimum absolute atomic E-state index is 0.0240. The average molecular weight is 272 g/mol. The molecule has 0 bridgehead atoms. The maximum absolute atomic E-state index is 12.1. The lowest BCUT2D eigenvalue weighted by Crippen LogP contribution is -2.28. The second-order valence-corrected chi connectivity index (χ2v) is 5.04. The van der Waals surface area contributed by atoms with Crippen molar-refractivity contribution in [1.82, 2.24) is 10.3 Å². The lowest BCUT2D eigenvalue weighted by molar-refractivity contribution is 0.0948. The van der Waals surface area contributed by atoms with Gasteiger partial charge in [0.15, 0.2) is 0 Å². The highest BCUT2D eigenvalue weighted by molar-refractivity contribution is 5.96. The molecular formula is C16H20N2O2. The van der Waals surface area contributed by atoms with Crippen LogP contribution in [0.2, 0.25) is 0 Å². The predicted octanol–water partition coefficient (Wildman–Crippen LogP) is 1.74. The molecule has 20 heavy (non-hydrogen) atoms. The molecule has 1 fully saturated rings. The Bertz CT molecular complexity index is 513. The van der Waals surface area contributed by atoms with Gasteiger partial charge in [-0.2, -0.15) is 0 Å². The largest absolute Gasteiger partial charge is 0.395 e. The molecule has 0 unspecified atom stereocenters. The third-order valence-electron chi connectivity index (χ3n) is 3.59. The Kier molecular flexibility index (Phi) is 5.57. The van der Waals surface area contributed by atoms with Gasteiger partial charge in [0.25, 0.3) is 5.91 Å². The Morgan fingerprint density at radius 1 is 1.50 bits per heavy atom. The van der Waals surface area contributed by atoms with E-state index in [1.165, 1.54) is 19.3 Å². The van der Waals surface area contributed by atoms with Crippen molar-refractivity contribution in [2.75, 3.05) is 13.2 Å². The summed E-state index contributed by atoms with van der Waals surface area (Å²) in [5.41, 5.74) is 1.17. The van der Waals surface area contributed by atoms with Crippen LogP contribution in [0.3, 0.4) is 0 Å². The van der Waals surface area contributed by atoms with Crippen LogP contribution < -0.4 is 5.32 Å². The first-order chi connectivity index (χ1) is 9.81. The molecule has 0 aromatic carbocycles. The summed E-state index contributed by atoms with van der Waals surface area (Å²) in [6.07, 6.45) is 8.56. The molecule has 0 aliphatic heterocycles. The molecule has 1 amide bonds. The molecule has 0 atom stereocenters. The molecule has 2 rings (SSSR count). The van der Waals surface area contributed by atoms with Crippen molar-refractivity contribution in [3.05, 3.63) is 29.6 Å². The van der Waals surface area contributed by atoms with Crippen molar-refractivity contribution in [3.63, 3.8) is 0 Å². The lowest BCUT2D eigenvalue weighted by Gasteiger charge is -2.25. The number of hydrogen-bond donors (Lipinski definition) is 2. The number of hydrogen-bond acceptors (Lipinski definition) is 3. The number of carbonyl (C=O) groups is 1. The van der Waals surface area contributed by atoms with Crippen LogP contribution in [0.4, 0.5) is 0 Å². The SMILES string of the molecule is O=C(NCCC1CCC1)c1ccncc1C#CCCO. The first kappa shape index (κ1) is 14.5. The smallest absolute Gasteiger partial charge is 0.252 e. The molecule has 4 nitrogen and oxygen atoms in total. The van der Waals surface area contributed by atoms with Crippen molar-refractivity contribution in [2.45, 2.75) is 32.1 Å². The zero-order chi connectivity index (χ0) is 14.2. The number of pyridine rings is 1. The number of nitrogens with one attached hydrogen (secondary N) is 1. The number of aromatic nitrogens is 1. The minimum Gasteiger partial charge on any atom is -0.395 e. The normalized spacial score (nSPS) is 14.1. The lowest BCUT2D eigenvalue weighted by atomic mass is 9.83. The van der Waals surface area contributed by atoms with Gasteiger partial charge >= 0.3 is 0 Å². The molecule has 0 radical (unpaired) electrons. The van der Waals surface area contributed by atoms with Crippen molar-refractivity contribution in [1.29, 1.82) is 0 Å². The molecule has 0 spiro atoms. The summed E-state index contributed by atoms with van der Waals surface area (Å²) in [5, 5.41) is 11.7. The van der Waals surface area contributed by atoms with Crippen molar-refractivity contribution < 1.29 is 9.90 Å². The summed E-state index contributed by atoms with van der Waals surface area (Å²) in [5.74, 6) is 6.39. The summed E-state index contributed by atoms with van der Waals surface area (Å²) in [6, 6.07) is 1.68. The molecule has 2 N–H and O–H groups in total. The van der Waals surface area contributed by atoms with Gasteiger partial charge in [-0.05, 0) is 18.4 Å². The van der Waals surface area contributed by atoms with Gasteiger partial charge in [0.1, 0.15) is 0 Å². The Labute approximate surface area is 119 Å². The topological polar surface area (TPSA) is 62.2 Å². The number of aliphatic hydroxyl groups excluding tert-OH is 1. The maximum Gasteiger partial charge on any atom is 0.252 e. The Morgan fingerprint density at radius 3 is 3.05 bits per heavy atom. The number of nitrogens with zero attached hydrogens (tertiary/aromatic N) is 1. The number of rotatable bonds is 5. The van der Waals surface area contributed by atoms with Crippen LogP contribution in [0.1, 0.15) is 48.0 Å². The summed E-state index contributed by atoms with van der Waals surface area (Å²) >= 11 is 0. The van der Waals surface area contributed by atoms with Crippen LogP contribution in [0.25, 0.3) is 0 Å². The van der Waals surface area contributed by atoms with E-state index in [0.717, 1.165) is 18.9 Å². The Hall–Kier alpha value is -1.86. The van der Waals surface area contributed by atoms with E-state index in [-0.39, 0.29) is 12.5 Å². The summed E-state index contributed by atoms with van der Waals surface area (Å²) in [4.78, 5) is 16.1. The molecule has 1 aliphatic rings. The van der Waals surface area contributed by atoms with Crippen LogP contribution in [-0.4, -0.2) is 29.1 Å². The van der Waals surface area contributed by atoms with E-state index < -0.39 is 0 Å². The molecule has 4 heteroatoms. The molecule has 106 valence electrons. The van der Waals surface area contributed by atoms with Crippen LogP contribution in [0, 0.1) is 17.8 Å². The molecule has 0 saturated heterocycles. The van der Waals surface area contributed by atoms with Crippen LogP contribution in [-0.2, 0) is 0 Å². The van der Waals surface area contributed by atoms with E-state index >= 15 is 0 Å². The van der Waals surface area contributed by atoms with Gasteiger partial charge in [0.2, 0.25) is 0 Å². The highest BCUT2D eigenvalue weighted by atomic mass is 16.2. The zero-order valence-electron chi connectivity index (χ0n) is 11.6. The van der Waals surface area contributed by atoms with Gasteiger partial charge < -0.3 is 10.4 Å². The maximum atomic E-state index is 12.1. The monoisotopic (exact) mass is 272 g/mol. The van der Waals surface area contributed by atoms with Gasteiger partial charge in [0, 0.05) is 25.4 Å². The quantitative estimate of drug-likeness (QED) is 0.803. The first-order valence-corrected chi connectivity index (χ1v) is 7.13. The summed E-state index contributed by atoms with van der Waals surface area (Å²) < 4.78 is 0. The summed E-state index contributed by atoms with van der Waals surface area (Å²) in [7, 11) is 0. The fraction of sp³-hybridized carbons (Fsp3) is 0.500. The highest BCUT2D eigenvalue weighted by Gasteiger charge is 2.17. The van der Waals surface area contributed by atoms with Gasteiger partial charge in [-0.15, -0.1) is 0 Å². The van der Waals surface area contributed by atoms with E-state index in [2.05, 4.69) is 22.1 Å². The molecule has 1 saturated carbocycles. The molecule has 1 heterocycles. The van der Waals surface area contributed by atoms with Gasteiger partial charge in [-0.1, -0.05) is 31.1 Å². The van der Waals surface area contributed by atoms with E-state index in [1.807, 2.05) is 0 Å². The second kappa shape index (κ2) is 7.66. The van der Waals surface area contributed by atoms with Crippen molar-refractivity contribution in [3.8, 4) is 11.8 Å². The molecule has 1 aromatic rings. The van der Waals surface area contributed by atoms with Gasteiger partial charge in [0.05, 0.1) is 17.7 Å². The molecule has 1 aliphatic carbocycles. The first-order valence-electron chi connectivity index (χ1n) is 7.13. The molecular weight excluding hydrogens is 252 g/mol. The predicted molar refractivity (Wildman–Crippen MR) is 77.1 cm³/mol. The van der Waals surface area contributed by atoms with Crippen LogP contribution in [0.15, 0.2) is 18.5 Å². The third-order valence-corrected chi connectivity index (χ3v) is 3.59.